The summed E-state index contributed by atoms with van der Waals surface area (Å²) in [6.45, 7) is 0. The van der Waals surface area contributed by atoms with E-state index in [0.717, 1.165) is 6.07 Å². The lowest BCUT2D eigenvalue weighted by atomic mass is 9.97. The standard InChI is InChI=1S/C16H10F3NO/c17-16(18,19)14-10-11(7-9-15(20)21)6-8-13(14)12-4-2-1-3-5-12/h1-6,8,10H,(H2,20,21). The zero-order valence-electron chi connectivity index (χ0n) is 10.7. The van der Waals surface area contributed by atoms with Gasteiger partial charge in [-0.25, -0.2) is 0 Å². The summed E-state index contributed by atoms with van der Waals surface area (Å²) in [6.07, 6.45) is -4.52. The highest BCUT2D eigenvalue weighted by molar-refractivity contribution is 5.92. The van der Waals surface area contributed by atoms with Crippen molar-refractivity contribution in [1.82, 2.24) is 0 Å². The molecule has 0 bridgehead atoms. The second kappa shape index (κ2) is 5.71. The van der Waals surface area contributed by atoms with Gasteiger partial charge in [0.2, 0.25) is 0 Å². The molecule has 2 aromatic carbocycles. The number of carbonyl (C=O) groups excluding carboxylic acids is 1. The van der Waals surface area contributed by atoms with Gasteiger partial charge in [-0.15, -0.1) is 0 Å². The van der Waals surface area contributed by atoms with Crippen molar-refractivity contribution in [3.8, 4) is 23.0 Å². The number of amides is 1. The van der Waals surface area contributed by atoms with Crippen LogP contribution >= 0.6 is 0 Å². The van der Waals surface area contributed by atoms with Crippen LogP contribution in [0.3, 0.4) is 0 Å². The van der Waals surface area contributed by atoms with Crippen LogP contribution in [0, 0.1) is 11.8 Å². The quantitative estimate of drug-likeness (QED) is 0.805. The van der Waals surface area contributed by atoms with Crippen molar-refractivity contribution in [2.24, 2.45) is 5.73 Å². The maximum Gasteiger partial charge on any atom is 0.417 e. The zero-order chi connectivity index (χ0) is 15.5. The highest BCUT2D eigenvalue weighted by atomic mass is 19.4. The minimum Gasteiger partial charge on any atom is -0.359 e. The molecule has 21 heavy (non-hydrogen) atoms. The number of nitrogens with two attached hydrogens (primary N) is 1. The van der Waals surface area contributed by atoms with E-state index in [4.69, 9.17) is 5.73 Å². The topological polar surface area (TPSA) is 43.1 Å². The maximum atomic E-state index is 13.2. The molecular formula is C16H10F3NO. The van der Waals surface area contributed by atoms with Crippen LogP contribution in [-0.2, 0) is 11.0 Å². The fourth-order valence-electron chi connectivity index (χ4n) is 1.86. The molecule has 0 unspecified atom stereocenters. The Kier molecular flexibility index (Phi) is 3.99. The first-order valence-electron chi connectivity index (χ1n) is 5.96. The molecular weight excluding hydrogens is 279 g/mol. The predicted octanol–water partition coefficient (Wildman–Crippen LogP) is 3.21. The second-order valence-corrected chi connectivity index (χ2v) is 4.24. The van der Waals surface area contributed by atoms with Crippen LogP contribution in [0.1, 0.15) is 11.1 Å². The lowest BCUT2D eigenvalue weighted by molar-refractivity contribution is -0.137. The Hall–Kier alpha value is -2.74. The van der Waals surface area contributed by atoms with Gasteiger partial charge in [-0.1, -0.05) is 42.3 Å². The fourth-order valence-corrected chi connectivity index (χ4v) is 1.86. The average molecular weight is 289 g/mol. The molecule has 106 valence electrons. The monoisotopic (exact) mass is 289 g/mol. The predicted molar refractivity (Wildman–Crippen MR) is 73.0 cm³/mol. The van der Waals surface area contributed by atoms with E-state index in [1.807, 2.05) is 5.92 Å². The molecule has 2 aromatic rings. The molecule has 0 saturated carbocycles. The molecule has 0 aliphatic rings. The van der Waals surface area contributed by atoms with Gasteiger partial charge in [-0.05, 0) is 29.2 Å². The Morgan fingerprint density at radius 1 is 1.05 bits per heavy atom. The summed E-state index contributed by atoms with van der Waals surface area (Å²) in [4.78, 5) is 10.6. The second-order valence-electron chi connectivity index (χ2n) is 4.24. The molecule has 0 aliphatic carbocycles. The smallest absolute Gasteiger partial charge is 0.359 e. The van der Waals surface area contributed by atoms with Crippen LogP contribution < -0.4 is 5.73 Å². The van der Waals surface area contributed by atoms with Crippen LogP contribution in [0.15, 0.2) is 48.5 Å². The van der Waals surface area contributed by atoms with Crippen molar-refractivity contribution in [2.45, 2.75) is 6.18 Å². The summed E-state index contributed by atoms with van der Waals surface area (Å²) in [5, 5.41) is 0. The molecule has 0 spiro atoms. The van der Waals surface area contributed by atoms with Crippen LogP contribution in [0.2, 0.25) is 0 Å². The van der Waals surface area contributed by atoms with Gasteiger partial charge in [0.15, 0.2) is 0 Å². The van der Waals surface area contributed by atoms with Crippen LogP contribution in [0.25, 0.3) is 11.1 Å². The molecule has 1 amide bonds. The largest absolute Gasteiger partial charge is 0.417 e. The van der Waals surface area contributed by atoms with Crippen molar-refractivity contribution in [3.63, 3.8) is 0 Å². The van der Waals surface area contributed by atoms with E-state index in [9.17, 15) is 18.0 Å². The number of halogens is 3. The average Bonchev–Trinajstić information content (AvgIpc) is 2.45. The van der Waals surface area contributed by atoms with E-state index in [-0.39, 0.29) is 11.1 Å². The van der Waals surface area contributed by atoms with Crippen LogP contribution in [0.5, 0.6) is 0 Å². The minimum absolute atomic E-state index is 0.0627. The van der Waals surface area contributed by atoms with Crippen molar-refractivity contribution < 1.29 is 18.0 Å². The third-order valence-corrected chi connectivity index (χ3v) is 2.74. The molecule has 0 aliphatic heterocycles. The van der Waals surface area contributed by atoms with E-state index in [0.29, 0.717) is 5.56 Å². The molecule has 2 rings (SSSR count). The third-order valence-electron chi connectivity index (χ3n) is 2.74. The lowest BCUT2D eigenvalue weighted by Crippen LogP contribution is -2.08. The van der Waals surface area contributed by atoms with Crippen molar-refractivity contribution in [3.05, 3.63) is 59.7 Å². The summed E-state index contributed by atoms with van der Waals surface area (Å²) in [6, 6.07) is 11.9. The number of primary amides is 1. The van der Waals surface area contributed by atoms with E-state index in [1.165, 1.54) is 12.1 Å². The normalized spacial score (nSPS) is 10.6. The Labute approximate surface area is 119 Å². The van der Waals surface area contributed by atoms with Crippen molar-refractivity contribution >= 4 is 5.91 Å². The molecule has 2 N–H and O–H groups in total. The summed E-state index contributed by atoms with van der Waals surface area (Å²) in [7, 11) is 0. The molecule has 0 heterocycles. The van der Waals surface area contributed by atoms with E-state index in [2.05, 4.69) is 5.92 Å². The maximum absolute atomic E-state index is 13.2. The summed E-state index contributed by atoms with van der Waals surface area (Å²) in [5.41, 5.74) is 4.65. The Bertz CT molecular complexity index is 725. The highest BCUT2D eigenvalue weighted by Gasteiger charge is 2.33. The minimum atomic E-state index is -4.52. The van der Waals surface area contributed by atoms with Gasteiger partial charge in [0.25, 0.3) is 5.91 Å². The summed E-state index contributed by atoms with van der Waals surface area (Å²) < 4.78 is 39.5. The van der Waals surface area contributed by atoms with Crippen molar-refractivity contribution in [1.29, 1.82) is 0 Å². The number of hydrogen-bond donors (Lipinski definition) is 1. The number of hydrogen-bond acceptors (Lipinski definition) is 1. The summed E-state index contributed by atoms with van der Waals surface area (Å²) in [5.74, 6) is 3.44. The molecule has 0 saturated heterocycles. The van der Waals surface area contributed by atoms with Gasteiger partial charge in [0.1, 0.15) is 0 Å². The van der Waals surface area contributed by atoms with Gasteiger partial charge < -0.3 is 5.73 Å². The van der Waals surface area contributed by atoms with Gasteiger partial charge in [-0.3, -0.25) is 4.79 Å². The molecule has 0 atom stereocenters. The number of rotatable bonds is 1. The zero-order valence-corrected chi connectivity index (χ0v) is 10.7. The van der Waals surface area contributed by atoms with Gasteiger partial charge in [0, 0.05) is 5.56 Å². The Morgan fingerprint density at radius 2 is 1.71 bits per heavy atom. The molecule has 0 radical (unpaired) electrons. The number of benzene rings is 2. The highest BCUT2D eigenvalue weighted by Crippen LogP contribution is 2.37. The van der Waals surface area contributed by atoms with Crippen molar-refractivity contribution in [2.75, 3.05) is 0 Å². The van der Waals surface area contributed by atoms with E-state index < -0.39 is 17.6 Å². The SMILES string of the molecule is NC(=O)C#Cc1ccc(-c2ccccc2)c(C(F)(F)F)c1. The lowest BCUT2D eigenvalue weighted by Gasteiger charge is -2.13. The molecule has 0 fully saturated rings. The molecule has 0 aromatic heterocycles. The number of alkyl halides is 3. The summed E-state index contributed by atoms with van der Waals surface area (Å²) >= 11 is 0. The van der Waals surface area contributed by atoms with Crippen LogP contribution in [-0.4, -0.2) is 5.91 Å². The first-order valence-corrected chi connectivity index (χ1v) is 5.96. The first-order chi connectivity index (χ1) is 9.88. The fraction of sp³-hybridized carbons (Fsp3) is 0.0625. The Morgan fingerprint density at radius 3 is 2.29 bits per heavy atom. The number of carbonyl (C=O) groups is 1. The van der Waals surface area contributed by atoms with E-state index >= 15 is 0 Å². The third kappa shape index (κ3) is 3.63. The molecule has 5 heteroatoms. The first kappa shape index (κ1) is 14.7. The molecule has 2 nitrogen and oxygen atoms in total. The van der Waals surface area contributed by atoms with Gasteiger partial charge >= 0.3 is 6.18 Å². The van der Waals surface area contributed by atoms with Gasteiger partial charge in [-0.2, -0.15) is 13.2 Å². The van der Waals surface area contributed by atoms with E-state index in [1.54, 1.807) is 30.3 Å². The van der Waals surface area contributed by atoms with Gasteiger partial charge in [0.05, 0.1) is 5.56 Å². The Balaban J connectivity index is 2.58. The van der Waals surface area contributed by atoms with Crippen LogP contribution in [0.4, 0.5) is 13.2 Å².